The Balaban J connectivity index is 1.28. The summed E-state index contributed by atoms with van der Waals surface area (Å²) in [6, 6.07) is 41.3. The zero-order valence-corrected chi connectivity index (χ0v) is 29.0. The van der Waals surface area contributed by atoms with Gasteiger partial charge in [-0.1, -0.05) is 97.1 Å². The average molecular weight is 701 g/mol. The van der Waals surface area contributed by atoms with Gasteiger partial charge in [-0.25, -0.2) is 13.4 Å². The van der Waals surface area contributed by atoms with Gasteiger partial charge in [0.25, 0.3) is 5.91 Å². The predicted molar refractivity (Wildman–Crippen MR) is 198 cm³/mol. The molecule has 1 amide bonds. The number of nitrogens with one attached hydrogen (secondary N) is 1. The number of carbonyl (C=O) groups excluding carboxylic acids is 1. The standard InChI is InChI=1S/C42H40N2O6S/c45-25-9-26-49-37-22-20-33(21-23-37)40-44-42(24-27-51(47,48)38-14-5-2-6-15-38,41(46)43-36-28-34-12-7-8-13-35(34)29-36)39(50-40)32-18-16-31(17-19-32)30-10-3-1-4-11-30/h1-8,10-23,36,39,45H,9,24-29H2,(H,43,46)/t39-,42-/m1/s1. The van der Waals surface area contributed by atoms with Gasteiger partial charge in [0.1, 0.15) is 5.75 Å². The van der Waals surface area contributed by atoms with Crippen LogP contribution in [0.25, 0.3) is 11.1 Å². The molecule has 260 valence electrons. The van der Waals surface area contributed by atoms with Crippen LogP contribution in [0.5, 0.6) is 5.75 Å². The van der Waals surface area contributed by atoms with Crippen LogP contribution >= 0.6 is 0 Å². The number of rotatable bonds is 13. The second-order valence-corrected chi connectivity index (χ2v) is 15.1. The summed E-state index contributed by atoms with van der Waals surface area (Å²) in [6.45, 7) is 0.409. The number of hydrogen-bond acceptors (Lipinski definition) is 7. The minimum Gasteiger partial charge on any atom is -0.494 e. The van der Waals surface area contributed by atoms with Crippen molar-refractivity contribution < 1.29 is 27.8 Å². The fraction of sp³-hybridized carbons (Fsp3) is 0.238. The highest BCUT2D eigenvalue weighted by molar-refractivity contribution is 7.91. The van der Waals surface area contributed by atoms with E-state index in [9.17, 15) is 13.2 Å². The van der Waals surface area contributed by atoms with E-state index in [2.05, 4.69) is 17.4 Å². The van der Waals surface area contributed by atoms with Crippen molar-refractivity contribution >= 4 is 21.6 Å². The van der Waals surface area contributed by atoms with E-state index in [4.69, 9.17) is 19.6 Å². The molecule has 7 rings (SSSR count). The minimum atomic E-state index is -3.78. The molecule has 8 nitrogen and oxygen atoms in total. The molecule has 5 aromatic carbocycles. The number of ether oxygens (including phenoxy) is 2. The van der Waals surface area contributed by atoms with Crippen LogP contribution in [0.15, 0.2) is 143 Å². The zero-order chi connectivity index (χ0) is 35.3. The molecule has 5 aromatic rings. The average Bonchev–Trinajstić information content (AvgIpc) is 3.77. The van der Waals surface area contributed by atoms with Crippen LogP contribution in [0.4, 0.5) is 0 Å². The van der Waals surface area contributed by atoms with Gasteiger partial charge in [-0.05, 0) is 77.1 Å². The van der Waals surface area contributed by atoms with Crippen LogP contribution < -0.4 is 10.1 Å². The van der Waals surface area contributed by atoms with Gasteiger partial charge in [-0.2, -0.15) is 0 Å². The lowest BCUT2D eigenvalue weighted by Gasteiger charge is -2.32. The van der Waals surface area contributed by atoms with Crippen LogP contribution in [0, 0.1) is 0 Å². The van der Waals surface area contributed by atoms with Gasteiger partial charge in [0.05, 0.1) is 17.3 Å². The van der Waals surface area contributed by atoms with Crippen LogP contribution in [-0.2, 0) is 32.2 Å². The molecule has 0 bridgehead atoms. The molecule has 2 aliphatic rings. The summed E-state index contributed by atoms with van der Waals surface area (Å²) in [7, 11) is -3.78. The van der Waals surface area contributed by atoms with Crippen molar-refractivity contribution in [2.45, 2.75) is 48.3 Å². The first-order valence-corrected chi connectivity index (χ1v) is 18.9. The Bertz CT molecular complexity index is 2080. The molecule has 1 aliphatic heterocycles. The van der Waals surface area contributed by atoms with Gasteiger partial charge in [-0.3, -0.25) is 4.79 Å². The van der Waals surface area contributed by atoms with Crippen molar-refractivity contribution in [3.8, 4) is 16.9 Å². The molecular formula is C42H40N2O6S. The number of aliphatic imine (C=N–C) groups is 1. The highest BCUT2D eigenvalue weighted by Gasteiger charge is 2.54. The summed E-state index contributed by atoms with van der Waals surface area (Å²) in [6.07, 6.45) is 0.843. The van der Waals surface area contributed by atoms with E-state index >= 15 is 0 Å². The fourth-order valence-corrected chi connectivity index (χ4v) is 8.25. The monoisotopic (exact) mass is 700 g/mol. The maximum Gasteiger partial charge on any atom is 0.252 e. The summed E-state index contributed by atoms with van der Waals surface area (Å²) in [5.41, 5.74) is 4.16. The number of hydrogen-bond donors (Lipinski definition) is 2. The van der Waals surface area contributed by atoms with E-state index in [1.807, 2.05) is 78.9 Å². The lowest BCUT2D eigenvalue weighted by Crippen LogP contribution is -2.52. The number of sulfone groups is 1. The number of carbonyl (C=O) groups is 1. The number of aliphatic hydroxyl groups excluding tert-OH is 1. The van der Waals surface area contributed by atoms with Crippen LogP contribution in [0.3, 0.4) is 0 Å². The van der Waals surface area contributed by atoms with Gasteiger partial charge >= 0.3 is 0 Å². The van der Waals surface area contributed by atoms with E-state index in [-0.39, 0.29) is 41.5 Å². The van der Waals surface area contributed by atoms with Gasteiger partial charge in [0, 0.05) is 31.1 Å². The lowest BCUT2D eigenvalue weighted by molar-refractivity contribution is -0.129. The second kappa shape index (κ2) is 14.9. The molecule has 0 aromatic heterocycles. The van der Waals surface area contributed by atoms with Gasteiger partial charge in [0.2, 0.25) is 5.90 Å². The summed E-state index contributed by atoms with van der Waals surface area (Å²) < 4.78 is 39.9. The Kier molecular flexibility index (Phi) is 10.0. The SMILES string of the molecule is O=C(NC1Cc2ccccc2C1)[C@]1(CCS(=O)(=O)c2ccccc2)N=C(c2ccc(OCCCO)cc2)O[C@@H]1c1ccc(-c2ccccc2)cc1. The Hall–Kier alpha value is -5.25. The molecule has 0 saturated heterocycles. The van der Waals surface area contributed by atoms with Crippen molar-refractivity contribution in [2.75, 3.05) is 19.0 Å². The molecule has 2 atom stereocenters. The summed E-state index contributed by atoms with van der Waals surface area (Å²) in [4.78, 5) is 20.1. The van der Waals surface area contributed by atoms with Crippen molar-refractivity contribution in [2.24, 2.45) is 4.99 Å². The van der Waals surface area contributed by atoms with E-state index in [0.717, 1.165) is 11.1 Å². The maximum atomic E-state index is 14.8. The number of benzene rings is 5. The Morgan fingerprint density at radius 2 is 1.37 bits per heavy atom. The predicted octanol–water partition coefficient (Wildman–Crippen LogP) is 6.52. The third kappa shape index (κ3) is 7.45. The molecule has 51 heavy (non-hydrogen) atoms. The van der Waals surface area contributed by atoms with Crippen LogP contribution in [0.2, 0.25) is 0 Å². The highest BCUT2D eigenvalue weighted by atomic mass is 32.2. The largest absolute Gasteiger partial charge is 0.494 e. The van der Waals surface area contributed by atoms with E-state index in [1.54, 1.807) is 42.5 Å². The van der Waals surface area contributed by atoms with E-state index in [0.29, 0.717) is 42.7 Å². The molecule has 0 unspecified atom stereocenters. The van der Waals surface area contributed by atoms with E-state index < -0.39 is 21.5 Å². The summed E-state index contributed by atoms with van der Waals surface area (Å²) in [5, 5.41) is 12.4. The molecule has 2 N–H and O–H groups in total. The molecule has 0 radical (unpaired) electrons. The zero-order valence-electron chi connectivity index (χ0n) is 28.2. The summed E-state index contributed by atoms with van der Waals surface area (Å²) >= 11 is 0. The molecule has 1 heterocycles. The van der Waals surface area contributed by atoms with Crippen molar-refractivity contribution in [1.82, 2.24) is 5.32 Å². The van der Waals surface area contributed by atoms with Crippen molar-refractivity contribution in [3.63, 3.8) is 0 Å². The smallest absolute Gasteiger partial charge is 0.252 e. The van der Waals surface area contributed by atoms with E-state index in [1.165, 1.54) is 11.1 Å². The molecule has 0 fully saturated rings. The molecule has 0 spiro atoms. The quantitative estimate of drug-likeness (QED) is 0.135. The third-order valence-corrected chi connectivity index (χ3v) is 11.3. The van der Waals surface area contributed by atoms with Gasteiger partial charge < -0.3 is 19.9 Å². The number of fused-ring (bicyclic) bond motifs is 1. The van der Waals surface area contributed by atoms with Crippen molar-refractivity contribution in [3.05, 3.63) is 156 Å². The Morgan fingerprint density at radius 3 is 2.02 bits per heavy atom. The van der Waals surface area contributed by atoms with Crippen LogP contribution in [0.1, 0.15) is 41.2 Å². The molecule has 9 heteroatoms. The first-order valence-electron chi connectivity index (χ1n) is 17.3. The molecular weight excluding hydrogens is 661 g/mol. The Morgan fingerprint density at radius 1 is 0.784 bits per heavy atom. The lowest BCUT2D eigenvalue weighted by atomic mass is 9.84. The number of aliphatic hydroxyl groups is 1. The topological polar surface area (TPSA) is 114 Å². The normalized spacial score (nSPS) is 18.5. The Labute approximate surface area is 298 Å². The van der Waals surface area contributed by atoms with Gasteiger partial charge in [-0.15, -0.1) is 0 Å². The first-order chi connectivity index (χ1) is 24.8. The molecule has 1 aliphatic carbocycles. The minimum absolute atomic E-state index is 0.0352. The number of nitrogens with zero attached hydrogens (tertiary/aromatic N) is 1. The second-order valence-electron chi connectivity index (χ2n) is 13.0. The van der Waals surface area contributed by atoms with Crippen LogP contribution in [-0.4, -0.2) is 55.9 Å². The highest BCUT2D eigenvalue weighted by Crippen LogP contribution is 2.44. The first kappa shape index (κ1) is 34.2. The number of amides is 1. The third-order valence-electron chi connectivity index (χ3n) is 9.59. The fourth-order valence-electron chi connectivity index (χ4n) is 6.86. The summed E-state index contributed by atoms with van der Waals surface area (Å²) in [5.74, 6) is 0.180. The maximum absolute atomic E-state index is 14.8. The molecule has 0 saturated carbocycles. The van der Waals surface area contributed by atoms with Gasteiger partial charge in [0.15, 0.2) is 21.5 Å². The van der Waals surface area contributed by atoms with Crippen molar-refractivity contribution in [1.29, 1.82) is 0 Å².